The van der Waals surface area contributed by atoms with Gasteiger partial charge >= 0.3 is 5.97 Å². The summed E-state index contributed by atoms with van der Waals surface area (Å²) in [6.07, 6.45) is 3.37. The van der Waals surface area contributed by atoms with Crippen LogP contribution in [0.2, 0.25) is 0 Å². The first kappa shape index (κ1) is 12.9. The van der Waals surface area contributed by atoms with Crippen molar-refractivity contribution < 1.29 is 14.7 Å². The third kappa shape index (κ3) is 4.45. The maximum atomic E-state index is 11.3. The highest BCUT2D eigenvalue weighted by atomic mass is 16.4. The van der Waals surface area contributed by atoms with Crippen LogP contribution in [0.25, 0.3) is 0 Å². The van der Waals surface area contributed by atoms with Crippen LogP contribution in [0.3, 0.4) is 0 Å². The van der Waals surface area contributed by atoms with Crippen molar-refractivity contribution >= 4 is 17.7 Å². The monoisotopic (exact) mass is 238 g/mol. The van der Waals surface area contributed by atoms with E-state index in [1.807, 2.05) is 6.92 Å². The largest absolute Gasteiger partial charge is 0.476 e. The molecule has 7 heteroatoms. The summed E-state index contributed by atoms with van der Waals surface area (Å²) in [5.41, 5.74) is -0.163. The lowest BCUT2D eigenvalue weighted by molar-refractivity contribution is -0.119. The van der Waals surface area contributed by atoms with Gasteiger partial charge < -0.3 is 15.7 Å². The Labute approximate surface area is 98.3 Å². The molecule has 0 aromatic carbocycles. The average molecular weight is 238 g/mol. The number of hydrogen-bond acceptors (Lipinski definition) is 5. The lowest BCUT2D eigenvalue weighted by Gasteiger charge is -2.06. The minimum absolute atomic E-state index is 0.0394. The standard InChI is InChI=1S/C10H14N4O3/c1-2-3-12-9(15)6-13-8-5-11-4-7(14-8)10(16)17/h4-5H,2-3,6H2,1H3,(H,12,15)(H,13,14)(H,16,17). The minimum Gasteiger partial charge on any atom is -0.476 e. The van der Waals surface area contributed by atoms with Crippen LogP contribution in [-0.4, -0.2) is 40.0 Å². The van der Waals surface area contributed by atoms with Gasteiger partial charge in [0.2, 0.25) is 5.91 Å². The number of carboxylic acid groups (broad SMARTS) is 1. The first-order valence-electron chi connectivity index (χ1n) is 5.19. The number of hydrogen-bond donors (Lipinski definition) is 3. The zero-order chi connectivity index (χ0) is 12.7. The van der Waals surface area contributed by atoms with E-state index in [1.54, 1.807) is 0 Å². The molecule has 0 spiro atoms. The Morgan fingerprint density at radius 2 is 2.18 bits per heavy atom. The Bertz CT molecular complexity index is 408. The highest BCUT2D eigenvalue weighted by Gasteiger charge is 2.06. The Hall–Kier alpha value is -2.18. The second-order valence-electron chi connectivity index (χ2n) is 3.30. The zero-order valence-corrected chi connectivity index (χ0v) is 9.43. The maximum absolute atomic E-state index is 11.3. The van der Waals surface area contributed by atoms with Crippen LogP contribution in [0.4, 0.5) is 5.82 Å². The van der Waals surface area contributed by atoms with E-state index in [9.17, 15) is 9.59 Å². The number of aromatic nitrogens is 2. The van der Waals surface area contributed by atoms with E-state index in [0.717, 1.165) is 12.6 Å². The van der Waals surface area contributed by atoms with Crippen molar-refractivity contribution in [1.29, 1.82) is 0 Å². The van der Waals surface area contributed by atoms with Gasteiger partial charge in [-0.05, 0) is 6.42 Å². The van der Waals surface area contributed by atoms with Crippen molar-refractivity contribution in [3.63, 3.8) is 0 Å². The quantitative estimate of drug-likeness (QED) is 0.650. The number of nitrogens with zero attached hydrogens (tertiary/aromatic N) is 2. The number of carbonyl (C=O) groups excluding carboxylic acids is 1. The molecular weight excluding hydrogens is 224 g/mol. The molecule has 0 aliphatic carbocycles. The van der Waals surface area contributed by atoms with Crippen LogP contribution in [0, 0.1) is 0 Å². The van der Waals surface area contributed by atoms with Crippen molar-refractivity contribution in [2.24, 2.45) is 0 Å². The number of amides is 1. The molecule has 0 radical (unpaired) electrons. The van der Waals surface area contributed by atoms with Gasteiger partial charge in [0.25, 0.3) is 0 Å². The van der Waals surface area contributed by atoms with Gasteiger partial charge in [-0.3, -0.25) is 9.78 Å². The van der Waals surface area contributed by atoms with Gasteiger partial charge in [-0.25, -0.2) is 9.78 Å². The number of carbonyl (C=O) groups is 2. The summed E-state index contributed by atoms with van der Waals surface area (Å²) in [4.78, 5) is 29.4. The van der Waals surface area contributed by atoms with Crippen LogP contribution in [-0.2, 0) is 4.79 Å². The first-order chi connectivity index (χ1) is 8.13. The number of rotatable bonds is 6. The Balaban J connectivity index is 2.49. The normalized spacial score (nSPS) is 9.71. The van der Waals surface area contributed by atoms with E-state index in [1.165, 1.54) is 6.20 Å². The molecule has 0 aliphatic heterocycles. The number of nitrogens with one attached hydrogen (secondary N) is 2. The average Bonchev–Trinajstić information content (AvgIpc) is 2.34. The van der Waals surface area contributed by atoms with E-state index >= 15 is 0 Å². The Kier molecular flexibility index (Phi) is 4.86. The summed E-state index contributed by atoms with van der Waals surface area (Å²) in [6.45, 7) is 2.61. The molecule has 0 saturated carbocycles. The molecule has 0 unspecified atom stereocenters. The van der Waals surface area contributed by atoms with Crippen molar-refractivity contribution in [2.45, 2.75) is 13.3 Å². The summed E-state index contributed by atoms with van der Waals surface area (Å²) >= 11 is 0. The molecule has 17 heavy (non-hydrogen) atoms. The molecule has 1 aromatic rings. The first-order valence-corrected chi connectivity index (χ1v) is 5.19. The summed E-state index contributed by atoms with van der Waals surface area (Å²) in [5, 5.41) is 14.1. The molecule has 0 saturated heterocycles. The predicted molar refractivity (Wildman–Crippen MR) is 60.8 cm³/mol. The summed E-state index contributed by atoms with van der Waals surface area (Å²) < 4.78 is 0. The Morgan fingerprint density at radius 1 is 1.41 bits per heavy atom. The smallest absolute Gasteiger partial charge is 0.356 e. The lowest BCUT2D eigenvalue weighted by Crippen LogP contribution is -2.30. The molecule has 1 aromatic heterocycles. The van der Waals surface area contributed by atoms with Gasteiger partial charge in [0, 0.05) is 6.54 Å². The number of anilines is 1. The third-order valence-electron chi connectivity index (χ3n) is 1.86. The SMILES string of the molecule is CCCNC(=O)CNc1cncc(C(=O)O)n1. The van der Waals surface area contributed by atoms with E-state index in [2.05, 4.69) is 20.6 Å². The van der Waals surface area contributed by atoms with Crippen LogP contribution >= 0.6 is 0 Å². The minimum atomic E-state index is -1.16. The fourth-order valence-corrected chi connectivity index (χ4v) is 1.05. The Morgan fingerprint density at radius 3 is 2.82 bits per heavy atom. The predicted octanol–water partition coefficient (Wildman–Crippen LogP) is 0.113. The van der Waals surface area contributed by atoms with Crippen LogP contribution in [0.15, 0.2) is 12.4 Å². The second kappa shape index (κ2) is 6.41. The van der Waals surface area contributed by atoms with E-state index in [0.29, 0.717) is 6.54 Å². The van der Waals surface area contributed by atoms with Gasteiger partial charge in [0.05, 0.1) is 18.9 Å². The van der Waals surface area contributed by atoms with E-state index in [-0.39, 0.29) is 24.0 Å². The highest BCUT2D eigenvalue weighted by molar-refractivity contribution is 5.85. The van der Waals surface area contributed by atoms with Gasteiger partial charge in [0.1, 0.15) is 5.82 Å². The molecule has 0 atom stereocenters. The van der Waals surface area contributed by atoms with Gasteiger partial charge in [0.15, 0.2) is 5.69 Å². The van der Waals surface area contributed by atoms with Crippen molar-refractivity contribution in [2.75, 3.05) is 18.4 Å². The molecule has 3 N–H and O–H groups in total. The van der Waals surface area contributed by atoms with Crippen molar-refractivity contribution in [3.05, 3.63) is 18.1 Å². The van der Waals surface area contributed by atoms with Crippen LogP contribution in [0.1, 0.15) is 23.8 Å². The molecule has 1 heterocycles. The molecule has 1 amide bonds. The fourth-order valence-electron chi connectivity index (χ4n) is 1.05. The van der Waals surface area contributed by atoms with Crippen molar-refractivity contribution in [1.82, 2.24) is 15.3 Å². The van der Waals surface area contributed by atoms with Gasteiger partial charge in [-0.1, -0.05) is 6.92 Å². The zero-order valence-electron chi connectivity index (χ0n) is 9.43. The molecule has 1 rings (SSSR count). The summed E-state index contributed by atoms with van der Waals surface area (Å²) in [5.74, 6) is -1.07. The van der Waals surface area contributed by atoms with Gasteiger partial charge in [-0.15, -0.1) is 0 Å². The number of aromatic carboxylic acids is 1. The lowest BCUT2D eigenvalue weighted by atomic mass is 10.4. The van der Waals surface area contributed by atoms with Crippen LogP contribution < -0.4 is 10.6 Å². The van der Waals surface area contributed by atoms with E-state index < -0.39 is 5.97 Å². The maximum Gasteiger partial charge on any atom is 0.356 e. The van der Waals surface area contributed by atoms with E-state index in [4.69, 9.17) is 5.11 Å². The third-order valence-corrected chi connectivity index (χ3v) is 1.86. The van der Waals surface area contributed by atoms with Crippen molar-refractivity contribution in [3.8, 4) is 0 Å². The topological polar surface area (TPSA) is 104 Å². The second-order valence-corrected chi connectivity index (χ2v) is 3.30. The molecular formula is C10H14N4O3. The molecule has 0 bridgehead atoms. The highest BCUT2D eigenvalue weighted by Crippen LogP contribution is 2.01. The molecule has 0 fully saturated rings. The molecule has 92 valence electrons. The van der Waals surface area contributed by atoms with Gasteiger partial charge in [-0.2, -0.15) is 0 Å². The van der Waals surface area contributed by atoms with Crippen LogP contribution in [0.5, 0.6) is 0 Å². The summed E-state index contributed by atoms with van der Waals surface area (Å²) in [7, 11) is 0. The molecule has 7 nitrogen and oxygen atoms in total. The summed E-state index contributed by atoms with van der Waals surface area (Å²) in [6, 6.07) is 0. The number of carboxylic acids is 1. The molecule has 0 aliphatic rings. The fraction of sp³-hybridized carbons (Fsp3) is 0.400.